The van der Waals surface area contributed by atoms with Gasteiger partial charge in [0.15, 0.2) is 9.84 Å². The number of hydrogen-bond acceptors (Lipinski definition) is 5. The molecule has 2 aliphatic rings. The normalized spacial score (nSPS) is 19.1. The van der Waals surface area contributed by atoms with Crippen molar-refractivity contribution >= 4 is 9.84 Å². The van der Waals surface area contributed by atoms with Crippen molar-refractivity contribution in [2.75, 3.05) is 6.26 Å². The molecule has 1 aromatic carbocycles. The third-order valence-electron chi connectivity index (χ3n) is 6.82. The van der Waals surface area contributed by atoms with Crippen LogP contribution < -0.4 is 0 Å². The second kappa shape index (κ2) is 7.35. The van der Waals surface area contributed by atoms with Crippen LogP contribution in [0.4, 0.5) is 0 Å². The Bertz CT molecular complexity index is 1490. The maximum Gasteiger partial charge on any atom is 0.175 e. The van der Waals surface area contributed by atoms with Crippen molar-refractivity contribution in [3.05, 3.63) is 72.3 Å². The van der Waals surface area contributed by atoms with Gasteiger partial charge in [0.25, 0.3) is 0 Å². The summed E-state index contributed by atoms with van der Waals surface area (Å²) < 4.78 is 26.1. The standard InChI is InChI=1S/C26H24N4O2S/c1-16-4-3-5-22(28-16)24-25(30-20-9-6-19(14-20)26(30)29-24)18-12-13-27-23(15-18)17-7-10-21(11-8-17)33(2,31)32/h3-5,7-8,10-13,15,19-20H,6,9,14H2,1-2H3/t19-,20+/m1/s1. The first-order chi connectivity index (χ1) is 15.9. The van der Waals surface area contributed by atoms with Crippen molar-refractivity contribution in [3.63, 3.8) is 0 Å². The molecular formula is C26H24N4O2S. The number of hydrogen-bond donors (Lipinski definition) is 0. The van der Waals surface area contributed by atoms with Gasteiger partial charge in [0.2, 0.25) is 0 Å². The molecular weight excluding hydrogens is 432 g/mol. The van der Waals surface area contributed by atoms with Gasteiger partial charge in [0.05, 0.1) is 22.0 Å². The van der Waals surface area contributed by atoms with Crippen molar-refractivity contribution in [3.8, 4) is 33.9 Å². The fourth-order valence-electron chi connectivity index (χ4n) is 5.27. The number of sulfone groups is 1. The van der Waals surface area contributed by atoms with Crippen molar-refractivity contribution in [2.45, 2.75) is 43.0 Å². The molecule has 0 unspecified atom stereocenters. The zero-order valence-electron chi connectivity index (χ0n) is 18.6. The van der Waals surface area contributed by atoms with E-state index in [1.165, 1.54) is 31.3 Å². The van der Waals surface area contributed by atoms with E-state index in [2.05, 4.69) is 15.6 Å². The monoisotopic (exact) mass is 456 g/mol. The number of nitrogens with zero attached hydrogens (tertiary/aromatic N) is 4. The molecule has 6 rings (SSSR count). The van der Waals surface area contributed by atoms with Crippen LogP contribution in [0.25, 0.3) is 33.9 Å². The number of fused-ring (bicyclic) bond motifs is 5. The van der Waals surface area contributed by atoms with Gasteiger partial charge in [-0.15, -0.1) is 0 Å². The minimum Gasteiger partial charge on any atom is -0.324 e. The summed E-state index contributed by atoms with van der Waals surface area (Å²) in [5, 5.41) is 0. The molecule has 33 heavy (non-hydrogen) atoms. The highest BCUT2D eigenvalue weighted by molar-refractivity contribution is 7.90. The summed E-state index contributed by atoms with van der Waals surface area (Å²) in [5.41, 5.74) is 6.62. The van der Waals surface area contributed by atoms with E-state index in [-0.39, 0.29) is 0 Å². The SMILES string of the molecule is Cc1cccc(-c2nc3n(c2-c2ccnc(-c4ccc(S(C)(=O)=O)cc4)c2)[C@H]2CC[C@@H]3C2)n1. The molecule has 1 fully saturated rings. The van der Waals surface area contributed by atoms with Gasteiger partial charge in [-0.2, -0.15) is 0 Å². The lowest BCUT2D eigenvalue weighted by atomic mass is 10.0. The molecule has 0 radical (unpaired) electrons. The molecule has 3 aromatic heterocycles. The number of benzene rings is 1. The Morgan fingerprint density at radius 1 is 0.939 bits per heavy atom. The minimum atomic E-state index is -3.24. The van der Waals surface area contributed by atoms with E-state index in [0.717, 1.165) is 39.6 Å². The molecule has 2 atom stereocenters. The van der Waals surface area contributed by atoms with Crippen LogP contribution in [0, 0.1) is 6.92 Å². The zero-order valence-corrected chi connectivity index (χ0v) is 19.4. The Balaban J connectivity index is 1.50. The first-order valence-corrected chi connectivity index (χ1v) is 13.1. The van der Waals surface area contributed by atoms with E-state index in [9.17, 15) is 8.42 Å². The van der Waals surface area contributed by atoms with E-state index >= 15 is 0 Å². The van der Waals surface area contributed by atoms with E-state index in [1.54, 1.807) is 12.1 Å². The summed E-state index contributed by atoms with van der Waals surface area (Å²) >= 11 is 0. The van der Waals surface area contributed by atoms with Gasteiger partial charge in [0, 0.05) is 41.2 Å². The Labute approximate surface area is 193 Å². The lowest BCUT2D eigenvalue weighted by molar-refractivity contribution is 0.530. The topological polar surface area (TPSA) is 77.7 Å². The Hall–Kier alpha value is -3.32. The highest BCUT2D eigenvalue weighted by Crippen LogP contribution is 2.52. The molecule has 7 heteroatoms. The summed E-state index contributed by atoms with van der Waals surface area (Å²) in [7, 11) is -3.24. The molecule has 6 nitrogen and oxygen atoms in total. The van der Waals surface area contributed by atoms with Crippen molar-refractivity contribution in [1.82, 2.24) is 19.5 Å². The van der Waals surface area contributed by atoms with Crippen molar-refractivity contribution in [1.29, 1.82) is 0 Å². The summed E-state index contributed by atoms with van der Waals surface area (Å²) in [5.74, 6) is 1.70. The molecule has 1 aliphatic heterocycles. The predicted octanol–water partition coefficient (Wildman–Crippen LogP) is 5.21. The van der Waals surface area contributed by atoms with Gasteiger partial charge in [-0.3, -0.25) is 9.97 Å². The number of aryl methyl sites for hydroxylation is 1. The molecule has 1 aliphatic carbocycles. The first kappa shape index (κ1) is 20.3. The third kappa shape index (κ3) is 3.38. The summed E-state index contributed by atoms with van der Waals surface area (Å²) in [6.07, 6.45) is 6.59. The van der Waals surface area contributed by atoms with Gasteiger partial charge in [-0.05, 0) is 62.6 Å². The van der Waals surface area contributed by atoms with Crippen LogP contribution in [0.5, 0.6) is 0 Å². The second-order valence-corrected chi connectivity index (χ2v) is 11.1. The van der Waals surface area contributed by atoms with Gasteiger partial charge < -0.3 is 4.57 Å². The van der Waals surface area contributed by atoms with E-state index in [1.807, 2.05) is 49.5 Å². The highest BCUT2D eigenvalue weighted by atomic mass is 32.2. The van der Waals surface area contributed by atoms with Crippen molar-refractivity contribution < 1.29 is 8.42 Å². The minimum absolute atomic E-state index is 0.305. The third-order valence-corrected chi connectivity index (χ3v) is 7.94. The summed E-state index contributed by atoms with van der Waals surface area (Å²) in [6.45, 7) is 2.00. The molecule has 166 valence electrons. The number of imidazole rings is 1. The van der Waals surface area contributed by atoms with Crippen molar-refractivity contribution in [2.24, 2.45) is 0 Å². The Morgan fingerprint density at radius 3 is 2.52 bits per heavy atom. The van der Waals surface area contributed by atoms with Crippen LogP contribution in [0.3, 0.4) is 0 Å². The maximum absolute atomic E-state index is 11.8. The van der Waals surface area contributed by atoms with Crippen LogP contribution in [0.1, 0.15) is 42.7 Å². The van der Waals surface area contributed by atoms with Crippen LogP contribution in [-0.4, -0.2) is 34.2 Å². The largest absolute Gasteiger partial charge is 0.324 e. The highest BCUT2D eigenvalue weighted by Gasteiger charge is 2.41. The van der Waals surface area contributed by atoms with E-state index < -0.39 is 9.84 Å². The Morgan fingerprint density at radius 2 is 1.76 bits per heavy atom. The molecule has 4 aromatic rings. The summed E-state index contributed by atoms with van der Waals surface area (Å²) in [6, 6.07) is 17.5. The lowest BCUT2D eigenvalue weighted by Crippen LogP contribution is -2.08. The number of rotatable bonds is 4. The molecule has 0 spiro atoms. The number of pyridine rings is 2. The predicted molar refractivity (Wildman–Crippen MR) is 128 cm³/mol. The van der Waals surface area contributed by atoms with E-state index in [4.69, 9.17) is 9.97 Å². The molecule has 2 bridgehead atoms. The smallest absolute Gasteiger partial charge is 0.175 e. The van der Waals surface area contributed by atoms with Gasteiger partial charge in [-0.1, -0.05) is 18.2 Å². The fourth-order valence-corrected chi connectivity index (χ4v) is 5.90. The van der Waals surface area contributed by atoms with E-state index in [0.29, 0.717) is 16.9 Å². The first-order valence-electron chi connectivity index (χ1n) is 11.2. The average Bonchev–Trinajstić information content (AvgIpc) is 3.51. The fraction of sp³-hybridized carbons (Fsp3) is 0.269. The van der Waals surface area contributed by atoms with Gasteiger partial charge in [-0.25, -0.2) is 13.4 Å². The van der Waals surface area contributed by atoms with Crippen LogP contribution >= 0.6 is 0 Å². The quantitative estimate of drug-likeness (QED) is 0.421. The number of aromatic nitrogens is 4. The summed E-state index contributed by atoms with van der Waals surface area (Å²) in [4.78, 5) is 14.8. The second-order valence-electron chi connectivity index (χ2n) is 9.09. The average molecular weight is 457 g/mol. The van der Waals surface area contributed by atoms with Gasteiger partial charge in [0.1, 0.15) is 11.5 Å². The van der Waals surface area contributed by atoms with Crippen LogP contribution in [0.15, 0.2) is 65.7 Å². The zero-order chi connectivity index (χ0) is 22.7. The molecule has 1 saturated carbocycles. The van der Waals surface area contributed by atoms with Crippen LogP contribution in [0.2, 0.25) is 0 Å². The maximum atomic E-state index is 11.8. The molecule has 4 heterocycles. The molecule has 0 N–H and O–H groups in total. The molecule has 0 saturated heterocycles. The Kier molecular flexibility index (Phi) is 4.52. The van der Waals surface area contributed by atoms with Gasteiger partial charge >= 0.3 is 0 Å². The lowest BCUT2D eigenvalue weighted by Gasteiger charge is -2.17. The molecule has 0 amide bonds. The van der Waals surface area contributed by atoms with Crippen LogP contribution in [-0.2, 0) is 9.84 Å².